The lowest BCUT2D eigenvalue weighted by Gasteiger charge is -2.09. The fourth-order valence-corrected chi connectivity index (χ4v) is 2.52. The molecule has 0 unspecified atom stereocenters. The van der Waals surface area contributed by atoms with Crippen LogP contribution in [0.2, 0.25) is 0 Å². The lowest BCUT2D eigenvalue weighted by atomic mass is 10.1. The first-order chi connectivity index (χ1) is 12.8. The number of nitrogens with one attached hydrogen (secondary N) is 1. The number of carbonyl (C=O) groups is 3. The van der Waals surface area contributed by atoms with Gasteiger partial charge >= 0.3 is 0 Å². The highest BCUT2D eigenvalue weighted by Gasteiger charge is 2.13. The smallest absolute Gasteiger partial charge is 0.264 e. The van der Waals surface area contributed by atoms with Gasteiger partial charge in [0.05, 0.1) is 6.20 Å². The molecule has 138 valence electrons. The van der Waals surface area contributed by atoms with Crippen molar-refractivity contribution in [3.63, 3.8) is 0 Å². The SMILES string of the molecule is Cn1ncc2c(=O)n(CC(=O)Nc3cc(C(N)=O)cc(C(N)=O)c3)cnc21. The van der Waals surface area contributed by atoms with Crippen LogP contribution in [0, 0.1) is 0 Å². The summed E-state index contributed by atoms with van der Waals surface area (Å²) in [4.78, 5) is 51.5. The summed E-state index contributed by atoms with van der Waals surface area (Å²) in [5.41, 5.74) is 10.6. The number of rotatable bonds is 5. The molecule has 2 aromatic heterocycles. The van der Waals surface area contributed by atoms with Crippen LogP contribution in [-0.2, 0) is 18.4 Å². The lowest BCUT2D eigenvalue weighted by Crippen LogP contribution is -2.28. The summed E-state index contributed by atoms with van der Waals surface area (Å²) >= 11 is 0. The predicted molar refractivity (Wildman–Crippen MR) is 94.9 cm³/mol. The molecule has 27 heavy (non-hydrogen) atoms. The number of hydrogen-bond acceptors (Lipinski definition) is 6. The summed E-state index contributed by atoms with van der Waals surface area (Å²) in [5.74, 6) is -2.13. The quantitative estimate of drug-likeness (QED) is 0.519. The van der Waals surface area contributed by atoms with Gasteiger partial charge in [-0.2, -0.15) is 5.10 Å². The van der Waals surface area contributed by atoms with Crippen LogP contribution in [0.5, 0.6) is 0 Å². The number of aryl methyl sites for hydroxylation is 1. The second kappa shape index (κ2) is 6.71. The third-order valence-corrected chi connectivity index (χ3v) is 3.82. The number of hydrogen-bond donors (Lipinski definition) is 3. The van der Waals surface area contributed by atoms with Crippen molar-refractivity contribution >= 4 is 34.4 Å². The molecule has 0 bridgehead atoms. The molecule has 3 amide bonds. The van der Waals surface area contributed by atoms with E-state index < -0.39 is 23.3 Å². The number of primary amides is 2. The molecule has 0 saturated carbocycles. The van der Waals surface area contributed by atoms with E-state index in [4.69, 9.17) is 11.5 Å². The Balaban J connectivity index is 1.86. The summed E-state index contributed by atoms with van der Waals surface area (Å²) < 4.78 is 2.56. The largest absolute Gasteiger partial charge is 0.366 e. The van der Waals surface area contributed by atoms with Crippen molar-refractivity contribution in [3.05, 3.63) is 52.2 Å². The minimum absolute atomic E-state index is 0.0113. The van der Waals surface area contributed by atoms with Gasteiger partial charge in [-0.3, -0.25) is 28.4 Å². The maximum atomic E-state index is 12.4. The van der Waals surface area contributed by atoms with Crippen LogP contribution in [0.4, 0.5) is 5.69 Å². The van der Waals surface area contributed by atoms with Crippen LogP contribution in [0.1, 0.15) is 20.7 Å². The molecule has 0 atom stereocenters. The molecule has 0 radical (unpaired) electrons. The van der Waals surface area contributed by atoms with E-state index in [1.807, 2.05) is 0 Å². The Labute approximate surface area is 151 Å². The van der Waals surface area contributed by atoms with Crippen molar-refractivity contribution in [2.75, 3.05) is 5.32 Å². The third kappa shape index (κ3) is 3.51. The van der Waals surface area contributed by atoms with E-state index in [0.717, 1.165) is 4.57 Å². The minimum Gasteiger partial charge on any atom is -0.366 e. The monoisotopic (exact) mass is 369 g/mol. The molecule has 0 aliphatic heterocycles. The molecular formula is C16H15N7O4. The summed E-state index contributed by atoms with van der Waals surface area (Å²) in [6.45, 7) is -0.330. The number of amides is 3. The second-order valence-electron chi connectivity index (χ2n) is 5.76. The fraction of sp³-hybridized carbons (Fsp3) is 0.125. The van der Waals surface area contributed by atoms with Crippen LogP contribution in [0.25, 0.3) is 11.0 Å². The Morgan fingerprint density at radius 2 is 1.74 bits per heavy atom. The molecule has 3 rings (SSSR count). The van der Waals surface area contributed by atoms with Gasteiger partial charge in [-0.1, -0.05) is 0 Å². The van der Waals surface area contributed by atoms with Crippen LogP contribution in [-0.4, -0.2) is 37.1 Å². The average Bonchev–Trinajstić information content (AvgIpc) is 2.98. The molecule has 0 fully saturated rings. The van der Waals surface area contributed by atoms with Crippen molar-refractivity contribution < 1.29 is 14.4 Å². The Hall–Kier alpha value is -4.02. The van der Waals surface area contributed by atoms with Gasteiger partial charge in [0.25, 0.3) is 5.56 Å². The van der Waals surface area contributed by atoms with Crippen molar-refractivity contribution in [2.45, 2.75) is 6.54 Å². The molecule has 3 aromatic rings. The topological polar surface area (TPSA) is 168 Å². The van der Waals surface area contributed by atoms with E-state index in [1.54, 1.807) is 7.05 Å². The molecule has 11 nitrogen and oxygen atoms in total. The molecule has 2 heterocycles. The molecule has 5 N–H and O–H groups in total. The molecule has 0 aliphatic carbocycles. The standard InChI is InChI=1S/C16H15N7O4/c1-22-15-11(5-20-22)16(27)23(7-19-15)6-12(24)21-10-3-8(13(17)25)2-9(4-10)14(18)26/h2-5,7H,6H2,1H3,(H2,17,25)(H2,18,26)(H,21,24). The van der Waals surface area contributed by atoms with E-state index in [2.05, 4.69) is 15.4 Å². The van der Waals surface area contributed by atoms with Crippen LogP contribution < -0.4 is 22.3 Å². The highest BCUT2D eigenvalue weighted by Crippen LogP contribution is 2.15. The first-order valence-electron chi connectivity index (χ1n) is 7.68. The summed E-state index contributed by atoms with van der Waals surface area (Å²) in [7, 11) is 1.65. The van der Waals surface area contributed by atoms with Crippen molar-refractivity contribution in [1.82, 2.24) is 19.3 Å². The first-order valence-corrected chi connectivity index (χ1v) is 7.68. The molecular weight excluding hydrogens is 354 g/mol. The zero-order chi connectivity index (χ0) is 19.7. The van der Waals surface area contributed by atoms with Gasteiger partial charge in [-0.25, -0.2) is 4.98 Å². The van der Waals surface area contributed by atoms with E-state index in [1.165, 1.54) is 35.4 Å². The zero-order valence-electron chi connectivity index (χ0n) is 14.2. The van der Waals surface area contributed by atoms with E-state index in [9.17, 15) is 19.2 Å². The van der Waals surface area contributed by atoms with Gasteiger partial charge in [0.2, 0.25) is 17.7 Å². The maximum Gasteiger partial charge on any atom is 0.264 e. The number of carbonyl (C=O) groups excluding carboxylic acids is 3. The van der Waals surface area contributed by atoms with Gasteiger partial charge in [0.15, 0.2) is 5.65 Å². The van der Waals surface area contributed by atoms with E-state index >= 15 is 0 Å². The fourth-order valence-electron chi connectivity index (χ4n) is 2.52. The van der Waals surface area contributed by atoms with Gasteiger partial charge in [0.1, 0.15) is 18.3 Å². The Bertz CT molecular complexity index is 1110. The average molecular weight is 369 g/mol. The van der Waals surface area contributed by atoms with Crippen LogP contribution in [0.3, 0.4) is 0 Å². The zero-order valence-corrected chi connectivity index (χ0v) is 14.2. The lowest BCUT2D eigenvalue weighted by molar-refractivity contribution is -0.116. The summed E-state index contributed by atoms with van der Waals surface area (Å²) in [5, 5.41) is 6.73. The second-order valence-corrected chi connectivity index (χ2v) is 5.76. The normalized spacial score (nSPS) is 10.7. The minimum atomic E-state index is -0.781. The highest BCUT2D eigenvalue weighted by atomic mass is 16.2. The Morgan fingerprint density at radius 3 is 2.33 bits per heavy atom. The number of aromatic nitrogens is 4. The van der Waals surface area contributed by atoms with Gasteiger partial charge in [-0.15, -0.1) is 0 Å². The molecule has 0 spiro atoms. The Kier molecular flexibility index (Phi) is 4.42. The van der Waals surface area contributed by atoms with Gasteiger partial charge in [0, 0.05) is 23.9 Å². The first kappa shape index (κ1) is 17.8. The molecule has 0 saturated heterocycles. The maximum absolute atomic E-state index is 12.4. The Morgan fingerprint density at radius 1 is 1.11 bits per heavy atom. The van der Waals surface area contributed by atoms with Crippen LogP contribution in [0.15, 0.2) is 35.5 Å². The van der Waals surface area contributed by atoms with Crippen LogP contribution >= 0.6 is 0 Å². The number of nitrogens with zero attached hydrogens (tertiary/aromatic N) is 4. The van der Waals surface area contributed by atoms with Crippen molar-refractivity contribution in [2.24, 2.45) is 18.5 Å². The summed E-state index contributed by atoms with van der Waals surface area (Å²) in [6, 6.07) is 3.83. The summed E-state index contributed by atoms with van der Waals surface area (Å²) in [6.07, 6.45) is 2.61. The molecule has 11 heteroatoms. The van der Waals surface area contributed by atoms with Crippen molar-refractivity contribution in [1.29, 1.82) is 0 Å². The van der Waals surface area contributed by atoms with E-state index in [0.29, 0.717) is 5.65 Å². The number of nitrogens with two attached hydrogens (primary N) is 2. The molecule has 1 aromatic carbocycles. The number of benzene rings is 1. The van der Waals surface area contributed by atoms with Gasteiger partial charge in [-0.05, 0) is 18.2 Å². The van der Waals surface area contributed by atoms with Gasteiger partial charge < -0.3 is 16.8 Å². The number of fused-ring (bicyclic) bond motifs is 1. The number of anilines is 1. The highest BCUT2D eigenvalue weighted by molar-refractivity contribution is 6.01. The third-order valence-electron chi connectivity index (χ3n) is 3.82. The van der Waals surface area contributed by atoms with E-state index in [-0.39, 0.29) is 28.7 Å². The predicted octanol–water partition coefficient (Wildman–Crippen LogP) is -1.03. The molecule has 0 aliphatic rings. The van der Waals surface area contributed by atoms with Crippen molar-refractivity contribution in [3.8, 4) is 0 Å².